The summed E-state index contributed by atoms with van der Waals surface area (Å²) in [6.07, 6.45) is 8.32. The largest absolute Gasteiger partial charge is 0.325 e. The van der Waals surface area contributed by atoms with Gasteiger partial charge in [-0.15, -0.1) is 0 Å². The number of nitrogens with zero attached hydrogens (tertiary/aromatic N) is 1. The van der Waals surface area contributed by atoms with Crippen molar-refractivity contribution in [3.8, 4) is 0 Å². The normalized spacial score (nSPS) is 18.7. The van der Waals surface area contributed by atoms with Gasteiger partial charge in [0, 0.05) is 5.92 Å². The maximum absolute atomic E-state index is 10.8. The van der Waals surface area contributed by atoms with Crippen LogP contribution in [-0.2, 0) is 14.4 Å². The van der Waals surface area contributed by atoms with Gasteiger partial charge in [0.15, 0.2) is 0 Å². The molecule has 94 valence electrons. The van der Waals surface area contributed by atoms with Crippen LogP contribution in [0.4, 0.5) is 0 Å². The van der Waals surface area contributed by atoms with Crippen LogP contribution in [0.5, 0.6) is 0 Å². The summed E-state index contributed by atoms with van der Waals surface area (Å²) >= 11 is 0. The van der Waals surface area contributed by atoms with Crippen molar-refractivity contribution in [3.05, 3.63) is 60.2 Å². The molecule has 0 bridgehead atoms. The summed E-state index contributed by atoms with van der Waals surface area (Å²) in [5, 5.41) is 3.54. The third kappa shape index (κ3) is 3.56. The molecule has 0 N–H and O–H groups in total. The van der Waals surface area contributed by atoms with Gasteiger partial charge < -0.3 is 0 Å². The first-order valence-corrected chi connectivity index (χ1v) is 7.24. The van der Waals surface area contributed by atoms with Gasteiger partial charge in [0.1, 0.15) is 5.71 Å². The summed E-state index contributed by atoms with van der Waals surface area (Å²) in [6.45, 7) is 0. The molecule has 0 amide bonds. The minimum absolute atomic E-state index is 0.184. The molecular weight excluding hydrogens is 250 g/mol. The zero-order chi connectivity index (χ0) is 13.0. The molecule has 0 atom stereocenters. The number of rotatable bonds is 3. The van der Waals surface area contributed by atoms with Gasteiger partial charge in [-0.3, -0.25) is 4.28 Å². The van der Waals surface area contributed by atoms with Gasteiger partial charge >= 0.3 is 10.1 Å². The molecule has 0 aliphatic heterocycles. The van der Waals surface area contributed by atoms with Crippen LogP contribution in [0, 0.1) is 0 Å². The van der Waals surface area contributed by atoms with Crippen LogP contribution < -0.4 is 0 Å². The van der Waals surface area contributed by atoms with Crippen molar-refractivity contribution in [2.75, 3.05) is 6.26 Å². The van der Waals surface area contributed by atoms with Gasteiger partial charge in [0.05, 0.1) is 6.26 Å². The van der Waals surface area contributed by atoms with E-state index in [0.717, 1.165) is 6.26 Å². The molecule has 1 aromatic rings. The summed E-state index contributed by atoms with van der Waals surface area (Å²) in [6, 6.07) is 10.00. The van der Waals surface area contributed by atoms with E-state index in [9.17, 15) is 8.42 Å². The average Bonchev–Trinajstić information content (AvgIpc) is 2.37. The van der Waals surface area contributed by atoms with E-state index in [-0.39, 0.29) is 5.92 Å². The Labute approximate surface area is 106 Å². The second-order valence-electron chi connectivity index (χ2n) is 3.95. The third-order valence-electron chi connectivity index (χ3n) is 2.41. The lowest BCUT2D eigenvalue weighted by molar-refractivity contribution is 0.344. The molecule has 0 saturated heterocycles. The lowest BCUT2D eigenvalue weighted by Crippen LogP contribution is -2.03. The molecule has 4 nitrogen and oxygen atoms in total. The Morgan fingerprint density at radius 1 is 1.11 bits per heavy atom. The predicted molar refractivity (Wildman–Crippen MR) is 70.8 cm³/mol. The summed E-state index contributed by atoms with van der Waals surface area (Å²) in [4.78, 5) is 0. The zero-order valence-electron chi connectivity index (χ0n) is 9.85. The zero-order valence-corrected chi connectivity index (χ0v) is 10.7. The molecule has 1 aromatic carbocycles. The van der Waals surface area contributed by atoms with E-state index in [1.54, 1.807) is 12.2 Å². The summed E-state index contributed by atoms with van der Waals surface area (Å²) in [7, 11) is -3.54. The minimum atomic E-state index is -3.54. The molecule has 5 heteroatoms. The van der Waals surface area contributed by atoms with Crippen molar-refractivity contribution in [3.63, 3.8) is 0 Å². The van der Waals surface area contributed by atoms with Crippen molar-refractivity contribution in [1.82, 2.24) is 0 Å². The molecule has 1 aliphatic rings. The Morgan fingerprint density at radius 2 is 1.72 bits per heavy atom. The Hall–Kier alpha value is -1.88. The smallest absolute Gasteiger partial charge is 0.268 e. The Balaban J connectivity index is 2.08. The van der Waals surface area contributed by atoms with Crippen LogP contribution in [0.25, 0.3) is 0 Å². The average molecular weight is 263 g/mol. The molecule has 0 heterocycles. The van der Waals surface area contributed by atoms with Crippen LogP contribution in [0.2, 0.25) is 0 Å². The molecule has 0 saturated carbocycles. The van der Waals surface area contributed by atoms with Crippen molar-refractivity contribution in [1.29, 1.82) is 0 Å². The quantitative estimate of drug-likeness (QED) is 0.786. The number of benzene rings is 1. The maximum atomic E-state index is 10.8. The van der Waals surface area contributed by atoms with Gasteiger partial charge in [-0.25, -0.2) is 0 Å². The van der Waals surface area contributed by atoms with Gasteiger partial charge in [0.25, 0.3) is 0 Å². The monoisotopic (exact) mass is 263 g/mol. The molecular formula is C13H13NO3S. The van der Waals surface area contributed by atoms with E-state index in [2.05, 4.69) is 9.44 Å². The highest BCUT2D eigenvalue weighted by molar-refractivity contribution is 7.85. The molecule has 0 unspecified atom stereocenters. The highest BCUT2D eigenvalue weighted by Crippen LogP contribution is 2.21. The highest BCUT2D eigenvalue weighted by Gasteiger charge is 2.08. The Morgan fingerprint density at radius 3 is 2.28 bits per heavy atom. The van der Waals surface area contributed by atoms with Crippen LogP contribution >= 0.6 is 0 Å². The summed E-state index contributed by atoms with van der Waals surface area (Å²) in [5.74, 6) is 0.184. The number of hydrogen-bond donors (Lipinski definition) is 0. The fourth-order valence-corrected chi connectivity index (χ4v) is 1.81. The lowest BCUT2D eigenvalue weighted by atomic mass is 9.94. The van der Waals surface area contributed by atoms with Crippen LogP contribution in [-0.4, -0.2) is 20.4 Å². The standard InChI is InChI=1S/C13H13NO3S/c1-18(15,16)17-14-13-9-7-12(8-10-13)11-5-3-2-4-6-11/h2-10,12H,1H3. The minimum Gasteiger partial charge on any atom is -0.268 e. The van der Waals surface area contributed by atoms with E-state index in [1.807, 2.05) is 42.5 Å². The van der Waals surface area contributed by atoms with E-state index in [4.69, 9.17) is 0 Å². The fourth-order valence-electron chi connectivity index (χ4n) is 1.59. The van der Waals surface area contributed by atoms with Gasteiger partial charge in [0.2, 0.25) is 0 Å². The third-order valence-corrected chi connectivity index (χ3v) is 2.76. The van der Waals surface area contributed by atoms with Gasteiger partial charge in [-0.2, -0.15) is 8.42 Å². The van der Waals surface area contributed by atoms with Crippen molar-refractivity contribution in [2.24, 2.45) is 5.16 Å². The lowest BCUT2D eigenvalue weighted by Gasteiger charge is -2.11. The topological polar surface area (TPSA) is 55.7 Å². The first kappa shape index (κ1) is 12.6. The summed E-state index contributed by atoms with van der Waals surface area (Å²) < 4.78 is 25.9. The summed E-state index contributed by atoms with van der Waals surface area (Å²) in [5.41, 5.74) is 1.65. The molecule has 2 rings (SSSR count). The number of oxime groups is 1. The molecule has 0 aromatic heterocycles. The first-order chi connectivity index (χ1) is 8.54. The molecule has 0 radical (unpaired) electrons. The van der Waals surface area contributed by atoms with E-state index in [1.165, 1.54) is 5.56 Å². The van der Waals surface area contributed by atoms with E-state index >= 15 is 0 Å². The second kappa shape index (κ2) is 5.18. The van der Waals surface area contributed by atoms with Crippen molar-refractivity contribution < 1.29 is 12.7 Å². The molecule has 1 aliphatic carbocycles. The van der Waals surface area contributed by atoms with E-state index in [0.29, 0.717) is 5.71 Å². The molecule has 18 heavy (non-hydrogen) atoms. The van der Waals surface area contributed by atoms with Crippen LogP contribution in [0.15, 0.2) is 59.8 Å². The Kier molecular flexibility index (Phi) is 3.62. The Bertz CT molecular complexity index is 584. The van der Waals surface area contributed by atoms with Gasteiger partial charge in [-0.1, -0.05) is 47.6 Å². The second-order valence-corrected chi connectivity index (χ2v) is 5.51. The number of hydrogen-bond acceptors (Lipinski definition) is 4. The van der Waals surface area contributed by atoms with E-state index < -0.39 is 10.1 Å². The predicted octanol–water partition coefficient (Wildman–Crippen LogP) is 2.23. The molecule has 0 fully saturated rings. The first-order valence-electron chi connectivity index (χ1n) is 5.42. The number of allylic oxidation sites excluding steroid dienone is 4. The molecule has 0 spiro atoms. The highest BCUT2D eigenvalue weighted by atomic mass is 32.2. The van der Waals surface area contributed by atoms with Crippen LogP contribution in [0.1, 0.15) is 11.5 Å². The van der Waals surface area contributed by atoms with Crippen LogP contribution in [0.3, 0.4) is 0 Å². The van der Waals surface area contributed by atoms with Gasteiger partial charge in [-0.05, 0) is 17.7 Å². The maximum Gasteiger partial charge on any atom is 0.325 e. The van der Waals surface area contributed by atoms with Crippen molar-refractivity contribution in [2.45, 2.75) is 5.92 Å². The SMILES string of the molecule is CS(=O)(=O)ON=C1C=CC(c2ccccc2)C=C1. The fraction of sp³-hybridized carbons (Fsp3) is 0.154. The van der Waals surface area contributed by atoms with Crippen molar-refractivity contribution >= 4 is 15.8 Å².